The van der Waals surface area contributed by atoms with Crippen LogP contribution in [0, 0.1) is 11.8 Å². The van der Waals surface area contributed by atoms with Crippen molar-refractivity contribution in [3.05, 3.63) is 66.6 Å². The van der Waals surface area contributed by atoms with Crippen LogP contribution in [0.25, 0.3) is 10.9 Å². The van der Waals surface area contributed by atoms with E-state index in [1.807, 2.05) is 13.0 Å². The standard InChI is InChI=1S/C18H13Cl2N3O3/c1-8-3-4-13(12(20)5-8)21-18-15(9(2)24)17(25)11-6-10(19)7-14(23-26)16(11)22-18/h3-7H,1-2H3,(H2,21,22,25). The van der Waals surface area contributed by atoms with Gasteiger partial charge in [0.1, 0.15) is 17.1 Å². The number of hydrogen-bond donors (Lipinski definition) is 2. The molecule has 0 aliphatic rings. The third kappa shape index (κ3) is 3.21. The van der Waals surface area contributed by atoms with Crippen LogP contribution in [0.2, 0.25) is 10.0 Å². The number of carbonyl (C=O) groups is 1. The van der Waals surface area contributed by atoms with Gasteiger partial charge in [0.05, 0.1) is 21.6 Å². The van der Waals surface area contributed by atoms with Crippen molar-refractivity contribution < 1.29 is 4.79 Å². The molecule has 2 N–H and O–H groups in total. The second kappa shape index (κ2) is 6.90. The summed E-state index contributed by atoms with van der Waals surface area (Å²) in [6, 6.07) is 8.03. The van der Waals surface area contributed by atoms with Crippen LogP contribution >= 0.6 is 23.2 Å². The van der Waals surface area contributed by atoms with Gasteiger partial charge in [-0.25, -0.2) is 0 Å². The molecular weight excluding hydrogens is 377 g/mol. The number of hydrogen-bond acceptors (Lipinski definition) is 5. The first-order chi connectivity index (χ1) is 12.3. The van der Waals surface area contributed by atoms with E-state index in [2.05, 4.69) is 15.5 Å². The highest BCUT2D eigenvalue weighted by molar-refractivity contribution is 6.33. The number of H-pyrrole nitrogens is 1. The van der Waals surface area contributed by atoms with Crippen molar-refractivity contribution in [2.45, 2.75) is 13.8 Å². The molecule has 0 saturated carbocycles. The lowest BCUT2D eigenvalue weighted by molar-refractivity contribution is 0.101. The molecule has 0 amide bonds. The zero-order chi connectivity index (χ0) is 19.0. The van der Waals surface area contributed by atoms with E-state index in [0.717, 1.165) is 5.56 Å². The number of aromatic amines is 1. The molecule has 132 valence electrons. The summed E-state index contributed by atoms with van der Waals surface area (Å²) in [5.41, 5.74) is 0.978. The summed E-state index contributed by atoms with van der Waals surface area (Å²) in [5, 5.41) is 6.58. The Morgan fingerprint density at radius 2 is 1.92 bits per heavy atom. The van der Waals surface area contributed by atoms with Gasteiger partial charge in [-0.15, -0.1) is 4.91 Å². The van der Waals surface area contributed by atoms with E-state index in [9.17, 15) is 14.5 Å². The zero-order valence-electron chi connectivity index (χ0n) is 13.8. The van der Waals surface area contributed by atoms with E-state index in [0.29, 0.717) is 10.7 Å². The first-order valence-corrected chi connectivity index (χ1v) is 8.34. The quantitative estimate of drug-likeness (QED) is 0.455. The number of nitroso groups, excluding NO2 is 1. The van der Waals surface area contributed by atoms with E-state index in [1.54, 1.807) is 12.1 Å². The third-order valence-electron chi connectivity index (χ3n) is 3.89. The van der Waals surface area contributed by atoms with Gasteiger partial charge in [-0.05, 0) is 48.9 Å². The zero-order valence-corrected chi connectivity index (χ0v) is 15.3. The number of Topliss-reactive ketones (excluding diaryl/α,β-unsaturated/α-hetero) is 1. The molecule has 1 aromatic heterocycles. The molecule has 8 heteroatoms. The van der Waals surface area contributed by atoms with E-state index < -0.39 is 11.2 Å². The van der Waals surface area contributed by atoms with Crippen LogP contribution in [0.4, 0.5) is 17.2 Å². The topological polar surface area (TPSA) is 91.4 Å². The van der Waals surface area contributed by atoms with Crippen molar-refractivity contribution in [2.24, 2.45) is 5.18 Å². The number of carbonyl (C=O) groups excluding carboxylic acids is 1. The van der Waals surface area contributed by atoms with Crippen molar-refractivity contribution >= 4 is 57.1 Å². The number of rotatable bonds is 4. The molecule has 2 aromatic carbocycles. The number of aryl methyl sites for hydroxylation is 1. The van der Waals surface area contributed by atoms with Gasteiger partial charge in [-0.1, -0.05) is 29.3 Å². The summed E-state index contributed by atoms with van der Waals surface area (Å²) in [4.78, 5) is 38.9. The lowest BCUT2D eigenvalue weighted by Crippen LogP contribution is -2.17. The summed E-state index contributed by atoms with van der Waals surface area (Å²) >= 11 is 12.2. The highest BCUT2D eigenvalue weighted by Crippen LogP contribution is 2.31. The summed E-state index contributed by atoms with van der Waals surface area (Å²) in [6.07, 6.45) is 0. The Morgan fingerprint density at radius 1 is 1.19 bits per heavy atom. The molecule has 0 bridgehead atoms. The fraction of sp³-hybridized carbons (Fsp3) is 0.111. The summed E-state index contributed by atoms with van der Waals surface area (Å²) in [7, 11) is 0. The van der Waals surface area contributed by atoms with Crippen LogP contribution in [-0.4, -0.2) is 10.8 Å². The molecule has 0 aliphatic carbocycles. The molecule has 0 spiro atoms. The predicted molar refractivity (Wildman–Crippen MR) is 105 cm³/mol. The lowest BCUT2D eigenvalue weighted by Gasteiger charge is -2.14. The Hall–Kier alpha value is -2.70. The van der Waals surface area contributed by atoms with Crippen molar-refractivity contribution in [3.63, 3.8) is 0 Å². The summed E-state index contributed by atoms with van der Waals surface area (Å²) in [6.45, 7) is 3.17. The predicted octanol–water partition coefficient (Wildman–Crippen LogP) is 5.49. The minimum Gasteiger partial charge on any atom is -0.340 e. The SMILES string of the molecule is CC(=O)c1c(Nc2ccc(C)cc2Cl)[nH]c2c(N=O)cc(Cl)cc2c1=O. The number of nitrogens with zero attached hydrogens (tertiary/aromatic N) is 1. The average Bonchev–Trinajstić information content (AvgIpc) is 2.57. The number of fused-ring (bicyclic) bond motifs is 1. The second-order valence-corrected chi connectivity index (χ2v) is 6.65. The highest BCUT2D eigenvalue weighted by atomic mass is 35.5. The van der Waals surface area contributed by atoms with Gasteiger partial charge in [-0.3, -0.25) is 9.59 Å². The van der Waals surface area contributed by atoms with Crippen molar-refractivity contribution in [1.29, 1.82) is 0 Å². The Bertz CT molecular complexity index is 1120. The molecule has 1 heterocycles. The Balaban J connectivity index is 2.31. The van der Waals surface area contributed by atoms with Gasteiger partial charge in [0.15, 0.2) is 5.78 Å². The molecule has 0 radical (unpaired) electrons. The van der Waals surface area contributed by atoms with Gasteiger partial charge >= 0.3 is 0 Å². The van der Waals surface area contributed by atoms with Gasteiger partial charge in [0.2, 0.25) is 5.43 Å². The van der Waals surface area contributed by atoms with Gasteiger partial charge in [-0.2, -0.15) is 0 Å². The minimum absolute atomic E-state index is 0.0299. The van der Waals surface area contributed by atoms with Crippen LogP contribution < -0.4 is 10.7 Å². The molecule has 0 atom stereocenters. The molecule has 26 heavy (non-hydrogen) atoms. The second-order valence-electron chi connectivity index (χ2n) is 5.81. The third-order valence-corrected chi connectivity index (χ3v) is 4.42. The Labute approximate surface area is 158 Å². The van der Waals surface area contributed by atoms with Crippen LogP contribution in [0.5, 0.6) is 0 Å². The van der Waals surface area contributed by atoms with Crippen molar-refractivity contribution in [2.75, 3.05) is 5.32 Å². The molecule has 0 aliphatic heterocycles. The lowest BCUT2D eigenvalue weighted by atomic mass is 10.1. The maximum Gasteiger partial charge on any atom is 0.202 e. The Morgan fingerprint density at radius 3 is 2.54 bits per heavy atom. The number of benzene rings is 2. The monoisotopic (exact) mass is 389 g/mol. The maximum absolute atomic E-state index is 12.8. The average molecular weight is 390 g/mol. The van der Waals surface area contributed by atoms with E-state index in [-0.39, 0.29) is 33.0 Å². The number of nitrogens with one attached hydrogen (secondary N) is 2. The van der Waals surface area contributed by atoms with Gasteiger partial charge in [0, 0.05) is 5.02 Å². The summed E-state index contributed by atoms with van der Waals surface area (Å²) < 4.78 is 0. The minimum atomic E-state index is -0.551. The van der Waals surface area contributed by atoms with Crippen molar-refractivity contribution in [1.82, 2.24) is 4.98 Å². The van der Waals surface area contributed by atoms with Crippen LogP contribution in [-0.2, 0) is 0 Å². The van der Waals surface area contributed by atoms with Crippen LogP contribution in [0.1, 0.15) is 22.8 Å². The van der Waals surface area contributed by atoms with E-state index in [1.165, 1.54) is 19.1 Å². The van der Waals surface area contributed by atoms with E-state index in [4.69, 9.17) is 23.2 Å². The first kappa shape index (κ1) is 18.1. The Kier molecular flexibility index (Phi) is 4.80. The number of pyridine rings is 1. The van der Waals surface area contributed by atoms with Crippen LogP contribution in [0.3, 0.4) is 0 Å². The smallest absolute Gasteiger partial charge is 0.202 e. The fourth-order valence-electron chi connectivity index (χ4n) is 2.70. The highest BCUT2D eigenvalue weighted by Gasteiger charge is 2.19. The molecule has 6 nitrogen and oxygen atoms in total. The number of halogens is 2. The van der Waals surface area contributed by atoms with Gasteiger partial charge < -0.3 is 10.3 Å². The molecule has 3 aromatic rings. The first-order valence-electron chi connectivity index (χ1n) is 7.59. The molecular formula is C18H13Cl2N3O3. The largest absolute Gasteiger partial charge is 0.340 e. The number of aromatic nitrogens is 1. The molecule has 0 unspecified atom stereocenters. The van der Waals surface area contributed by atoms with Crippen molar-refractivity contribution in [3.8, 4) is 0 Å². The normalized spacial score (nSPS) is 10.8. The van der Waals surface area contributed by atoms with Gasteiger partial charge in [0.25, 0.3) is 0 Å². The molecule has 0 fully saturated rings. The number of ketones is 1. The maximum atomic E-state index is 12.8. The molecule has 3 rings (SSSR count). The molecule has 0 saturated heterocycles. The number of anilines is 2. The summed E-state index contributed by atoms with van der Waals surface area (Å²) in [5.74, 6) is -0.313. The van der Waals surface area contributed by atoms with Crippen LogP contribution in [0.15, 0.2) is 40.3 Å². The fourth-order valence-corrected chi connectivity index (χ4v) is 3.19. The van der Waals surface area contributed by atoms with E-state index >= 15 is 0 Å².